The van der Waals surface area contributed by atoms with E-state index in [4.69, 9.17) is 11.6 Å². The topological polar surface area (TPSA) is 40.9 Å². The number of rotatable bonds is 3. The number of halogens is 2. The molecule has 0 bridgehead atoms. The van der Waals surface area contributed by atoms with Gasteiger partial charge in [0.15, 0.2) is 5.78 Å². The number of nitrogens with zero attached hydrogens (tertiary/aromatic N) is 1. The van der Waals surface area contributed by atoms with Crippen LogP contribution >= 0.6 is 11.6 Å². The highest BCUT2D eigenvalue weighted by Crippen LogP contribution is 2.28. The molecule has 0 spiro atoms. The Labute approximate surface area is 121 Å². The second-order valence-electron chi connectivity index (χ2n) is 4.38. The van der Waals surface area contributed by atoms with Crippen molar-refractivity contribution in [2.45, 2.75) is 12.8 Å². The van der Waals surface area contributed by atoms with E-state index in [-0.39, 0.29) is 5.56 Å². The van der Waals surface area contributed by atoms with Crippen LogP contribution in [0.2, 0.25) is 5.02 Å². The molecule has 20 heavy (non-hydrogen) atoms. The Bertz CT molecular complexity index is 706. The Hall–Kier alpha value is -2.18. The summed E-state index contributed by atoms with van der Waals surface area (Å²) in [5, 5.41) is 9.56. The van der Waals surface area contributed by atoms with Gasteiger partial charge in [-0.1, -0.05) is 41.9 Å². The Morgan fingerprint density at radius 2 is 1.95 bits per heavy atom. The van der Waals surface area contributed by atoms with Crippen LogP contribution in [0.25, 0.3) is 0 Å². The molecular formula is C16H11ClFNO. The van der Waals surface area contributed by atoms with E-state index in [2.05, 4.69) is 0 Å². The molecule has 2 aromatic rings. The third-order valence-electron chi connectivity index (χ3n) is 3.06. The van der Waals surface area contributed by atoms with Crippen molar-refractivity contribution in [1.29, 1.82) is 5.26 Å². The second-order valence-corrected chi connectivity index (χ2v) is 4.79. The van der Waals surface area contributed by atoms with Crippen LogP contribution in [-0.2, 0) is 0 Å². The molecule has 0 aliphatic rings. The van der Waals surface area contributed by atoms with Crippen LogP contribution in [0, 0.1) is 24.1 Å². The number of nitriles is 1. The van der Waals surface area contributed by atoms with E-state index in [0.717, 1.165) is 0 Å². The van der Waals surface area contributed by atoms with Crippen LogP contribution in [-0.4, -0.2) is 5.78 Å². The molecule has 0 amide bonds. The van der Waals surface area contributed by atoms with Crippen LogP contribution in [0.4, 0.5) is 4.39 Å². The molecule has 0 saturated heterocycles. The van der Waals surface area contributed by atoms with Crippen LogP contribution in [0.5, 0.6) is 0 Å². The van der Waals surface area contributed by atoms with Gasteiger partial charge in [-0.25, -0.2) is 4.39 Å². The van der Waals surface area contributed by atoms with Crippen LogP contribution in [0.3, 0.4) is 0 Å². The van der Waals surface area contributed by atoms with Crippen molar-refractivity contribution in [1.82, 2.24) is 0 Å². The number of carbonyl (C=O) groups excluding carboxylic acids is 1. The minimum absolute atomic E-state index is 0.0866. The molecular weight excluding hydrogens is 277 g/mol. The molecule has 100 valence electrons. The quantitative estimate of drug-likeness (QED) is 0.791. The van der Waals surface area contributed by atoms with E-state index in [0.29, 0.717) is 16.1 Å². The largest absolute Gasteiger partial charge is 0.292 e. The van der Waals surface area contributed by atoms with Gasteiger partial charge in [0, 0.05) is 5.02 Å². The van der Waals surface area contributed by atoms with E-state index < -0.39 is 17.5 Å². The number of Topliss-reactive ketones (excluding diaryl/α,β-unsaturated/α-hetero) is 1. The highest BCUT2D eigenvalue weighted by molar-refractivity contribution is 6.31. The van der Waals surface area contributed by atoms with Crippen molar-refractivity contribution in [3.05, 3.63) is 70.0 Å². The maximum Gasteiger partial charge on any atom is 0.187 e. The third kappa shape index (κ3) is 2.56. The SMILES string of the molecule is Cc1cccc(C(=O)C(C#N)c2ccccc2Cl)c1F. The molecule has 0 aromatic heterocycles. The zero-order valence-electron chi connectivity index (χ0n) is 10.7. The maximum absolute atomic E-state index is 14.0. The van der Waals surface area contributed by atoms with Gasteiger partial charge in [0.1, 0.15) is 11.7 Å². The Morgan fingerprint density at radius 3 is 2.60 bits per heavy atom. The number of aryl methyl sites for hydroxylation is 1. The summed E-state index contributed by atoms with van der Waals surface area (Å²) in [4.78, 5) is 12.4. The number of ketones is 1. The second kappa shape index (κ2) is 5.85. The Balaban J connectivity index is 2.49. The summed E-state index contributed by atoms with van der Waals surface area (Å²) in [5.41, 5.74) is 0.672. The summed E-state index contributed by atoms with van der Waals surface area (Å²) >= 11 is 6.00. The van der Waals surface area contributed by atoms with E-state index in [9.17, 15) is 14.4 Å². The van der Waals surface area contributed by atoms with Crippen LogP contribution in [0.1, 0.15) is 27.4 Å². The average molecular weight is 288 g/mol. The number of hydrogen-bond acceptors (Lipinski definition) is 2. The molecule has 0 heterocycles. The summed E-state index contributed by atoms with van der Waals surface area (Å²) < 4.78 is 14.0. The van der Waals surface area contributed by atoms with Gasteiger partial charge in [0.25, 0.3) is 0 Å². The van der Waals surface area contributed by atoms with Crippen molar-refractivity contribution in [2.75, 3.05) is 0 Å². The first-order chi connectivity index (χ1) is 9.56. The first-order valence-corrected chi connectivity index (χ1v) is 6.37. The third-order valence-corrected chi connectivity index (χ3v) is 3.41. The van der Waals surface area contributed by atoms with Crippen molar-refractivity contribution in [3.8, 4) is 6.07 Å². The molecule has 2 rings (SSSR count). The predicted octanol–water partition coefficient (Wildman–Crippen LogP) is 4.28. The minimum atomic E-state index is -1.11. The van der Waals surface area contributed by atoms with Gasteiger partial charge in [-0.05, 0) is 30.2 Å². The van der Waals surface area contributed by atoms with Crippen LogP contribution in [0.15, 0.2) is 42.5 Å². The molecule has 1 unspecified atom stereocenters. The fraction of sp³-hybridized carbons (Fsp3) is 0.125. The summed E-state index contributed by atoms with van der Waals surface area (Å²) in [7, 11) is 0. The lowest BCUT2D eigenvalue weighted by molar-refractivity contribution is 0.0975. The molecule has 0 aliphatic carbocycles. The first kappa shape index (κ1) is 14.2. The summed E-state index contributed by atoms with van der Waals surface area (Å²) in [5.74, 6) is -2.29. The minimum Gasteiger partial charge on any atom is -0.292 e. The molecule has 1 atom stereocenters. The zero-order chi connectivity index (χ0) is 14.7. The highest BCUT2D eigenvalue weighted by atomic mass is 35.5. The summed E-state index contributed by atoms with van der Waals surface area (Å²) in [6, 6.07) is 13.0. The van der Waals surface area contributed by atoms with Gasteiger partial charge in [0.05, 0.1) is 11.6 Å². The summed E-state index contributed by atoms with van der Waals surface area (Å²) in [6.07, 6.45) is 0. The maximum atomic E-state index is 14.0. The van der Waals surface area contributed by atoms with Gasteiger partial charge in [-0.3, -0.25) is 4.79 Å². The highest BCUT2D eigenvalue weighted by Gasteiger charge is 2.26. The van der Waals surface area contributed by atoms with E-state index in [1.807, 2.05) is 6.07 Å². The van der Waals surface area contributed by atoms with Crippen molar-refractivity contribution in [3.63, 3.8) is 0 Å². The molecule has 0 fully saturated rings. The standard InChI is InChI=1S/C16H11ClFNO/c1-10-5-4-7-12(15(10)18)16(20)13(9-19)11-6-2-3-8-14(11)17/h2-8,13H,1H3. The van der Waals surface area contributed by atoms with Gasteiger partial charge in [-0.2, -0.15) is 5.26 Å². The molecule has 0 N–H and O–H groups in total. The van der Waals surface area contributed by atoms with Crippen molar-refractivity contribution < 1.29 is 9.18 Å². The first-order valence-electron chi connectivity index (χ1n) is 5.99. The smallest absolute Gasteiger partial charge is 0.187 e. The van der Waals surface area contributed by atoms with Gasteiger partial charge in [0.2, 0.25) is 0 Å². The summed E-state index contributed by atoms with van der Waals surface area (Å²) in [6.45, 7) is 1.57. The number of benzene rings is 2. The van der Waals surface area contributed by atoms with E-state index in [1.54, 1.807) is 43.3 Å². The zero-order valence-corrected chi connectivity index (χ0v) is 11.5. The number of hydrogen-bond donors (Lipinski definition) is 0. The molecule has 0 saturated carbocycles. The van der Waals surface area contributed by atoms with E-state index >= 15 is 0 Å². The fourth-order valence-corrected chi connectivity index (χ4v) is 2.22. The average Bonchev–Trinajstić information content (AvgIpc) is 2.44. The lowest BCUT2D eigenvalue weighted by Crippen LogP contribution is -2.14. The molecule has 2 nitrogen and oxygen atoms in total. The van der Waals surface area contributed by atoms with E-state index in [1.165, 1.54) is 6.07 Å². The molecule has 2 aromatic carbocycles. The normalized spacial score (nSPS) is 11.7. The van der Waals surface area contributed by atoms with Gasteiger partial charge >= 0.3 is 0 Å². The predicted molar refractivity (Wildman–Crippen MR) is 75.3 cm³/mol. The lowest BCUT2D eigenvalue weighted by Gasteiger charge is -2.11. The molecule has 0 aliphatic heterocycles. The monoisotopic (exact) mass is 287 g/mol. The van der Waals surface area contributed by atoms with Crippen molar-refractivity contribution >= 4 is 17.4 Å². The van der Waals surface area contributed by atoms with Crippen molar-refractivity contribution in [2.24, 2.45) is 0 Å². The Kier molecular flexibility index (Phi) is 4.16. The van der Waals surface area contributed by atoms with Crippen LogP contribution < -0.4 is 0 Å². The van der Waals surface area contributed by atoms with Gasteiger partial charge < -0.3 is 0 Å². The molecule has 0 radical (unpaired) electrons. The van der Waals surface area contributed by atoms with Gasteiger partial charge in [-0.15, -0.1) is 0 Å². The fourth-order valence-electron chi connectivity index (χ4n) is 1.97. The molecule has 4 heteroatoms. The lowest BCUT2D eigenvalue weighted by atomic mass is 9.91. The number of carbonyl (C=O) groups is 1. The Morgan fingerprint density at radius 1 is 1.25 bits per heavy atom.